The molecule has 0 heterocycles. The highest BCUT2D eigenvalue weighted by atomic mass is 35.5. The van der Waals surface area contributed by atoms with E-state index in [4.69, 9.17) is 28.3 Å². The highest BCUT2D eigenvalue weighted by Gasteiger charge is 2.32. The normalized spacial score (nSPS) is 16.8. The van der Waals surface area contributed by atoms with Crippen LogP contribution in [0.3, 0.4) is 0 Å². The minimum Gasteiger partial charge on any atom is -0.479 e. The van der Waals surface area contributed by atoms with Crippen molar-refractivity contribution in [3.05, 3.63) is 0 Å². The summed E-state index contributed by atoms with van der Waals surface area (Å²) in [5.41, 5.74) is 0. The minimum atomic E-state index is -1.60. The first-order valence-electron chi connectivity index (χ1n) is 9.13. The average Bonchev–Trinajstić information content (AvgIpc) is 2.50. The molecule has 0 amide bonds. The lowest BCUT2D eigenvalue weighted by Gasteiger charge is -2.21. The molecule has 1 saturated carbocycles. The molecule has 1 aliphatic carbocycles. The lowest BCUT2D eigenvalue weighted by Crippen LogP contribution is -2.25. The number of halogens is 2. The quantitative estimate of drug-likeness (QED) is 0.313. The van der Waals surface area contributed by atoms with Gasteiger partial charge in [-0.1, -0.05) is 107 Å². The molecule has 0 saturated heterocycles. The van der Waals surface area contributed by atoms with Gasteiger partial charge in [-0.15, -0.1) is 0 Å². The van der Waals surface area contributed by atoms with Gasteiger partial charge >= 0.3 is 5.97 Å². The Labute approximate surface area is 145 Å². The van der Waals surface area contributed by atoms with Crippen LogP contribution in [0.2, 0.25) is 0 Å². The van der Waals surface area contributed by atoms with E-state index < -0.39 is 10.3 Å². The molecule has 1 fully saturated rings. The smallest absolute Gasteiger partial charge is 0.340 e. The van der Waals surface area contributed by atoms with Crippen molar-refractivity contribution in [1.82, 2.24) is 0 Å². The van der Waals surface area contributed by atoms with E-state index in [1.165, 1.54) is 70.6 Å². The molecule has 0 aromatic heterocycles. The molecule has 0 bridgehead atoms. The van der Waals surface area contributed by atoms with E-state index in [1.54, 1.807) is 0 Å². The summed E-state index contributed by atoms with van der Waals surface area (Å²) >= 11 is 11.4. The van der Waals surface area contributed by atoms with Crippen LogP contribution < -0.4 is 0 Å². The van der Waals surface area contributed by atoms with Crippen molar-refractivity contribution < 1.29 is 9.90 Å². The van der Waals surface area contributed by atoms with E-state index in [0.29, 0.717) is 6.42 Å². The predicted molar refractivity (Wildman–Crippen MR) is 94.8 cm³/mol. The van der Waals surface area contributed by atoms with Crippen LogP contribution in [0.15, 0.2) is 0 Å². The number of hydrogen-bond acceptors (Lipinski definition) is 1. The van der Waals surface area contributed by atoms with E-state index in [0.717, 1.165) is 25.2 Å². The SMILES string of the molecule is O=C(O)C(Cl)(Cl)CCCCCCCCCCC1CCCCC1. The number of aliphatic carboxylic acids is 1. The summed E-state index contributed by atoms with van der Waals surface area (Å²) in [4.78, 5) is 10.7. The van der Waals surface area contributed by atoms with Crippen molar-refractivity contribution >= 4 is 29.2 Å². The topological polar surface area (TPSA) is 37.3 Å². The Hall–Kier alpha value is 0.0500. The summed E-state index contributed by atoms with van der Waals surface area (Å²) in [6.07, 6.45) is 18.7. The van der Waals surface area contributed by atoms with Gasteiger partial charge in [0.2, 0.25) is 4.33 Å². The zero-order valence-electron chi connectivity index (χ0n) is 13.8. The molecule has 0 radical (unpaired) electrons. The largest absolute Gasteiger partial charge is 0.479 e. The van der Waals surface area contributed by atoms with Gasteiger partial charge in [-0.25, -0.2) is 4.79 Å². The lowest BCUT2D eigenvalue weighted by atomic mass is 9.85. The van der Waals surface area contributed by atoms with Gasteiger partial charge < -0.3 is 5.11 Å². The van der Waals surface area contributed by atoms with Crippen molar-refractivity contribution in [1.29, 1.82) is 0 Å². The summed E-state index contributed by atoms with van der Waals surface area (Å²) < 4.78 is -1.60. The Morgan fingerprint density at radius 2 is 1.36 bits per heavy atom. The van der Waals surface area contributed by atoms with Crippen LogP contribution in [0.25, 0.3) is 0 Å². The Balaban J connectivity index is 1.82. The van der Waals surface area contributed by atoms with Crippen LogP contribution in [-0.4, -0.2) is 15.4 Å². The number of carboxylic acids is 1. The number of carbonyl (C=O) groups is 1. The molecule has 0 aliphatic heterocycles. The maximum Gasteiger partial charge on any atom is 0.340 e. The second-order valence-corrected chi connectivity index (χ2v) is 8.36. The first kappa shape index (κ1) is 20.1. The molecule has 1 N–H and O–H groups in total. The number of carboxylic acid groups (broad SMARTS) is 1. The second kappa shape index (κ2) is 11.6. The van der Waals surface area contributed by atoms with Crippen molar-refractivity contribution in [2.24, 2.45) is 5.92 Å². The van der Waals surface area contributed by atoms with E-state index in [1.807, 2.05) is 0 Å². The van der Waals surface area contributed by atoms with E-state index in [9.17, 15) is 4.79 Å². The summed E-state index contributed by atoms with van der Waals surface area (Å²) in [5, 5.41) is 8.79. The van der Waals surface area contributed by atoms with Gasteiger partial charge in [0.15, 0.2) is 0 Å². The molecule has 1 aliphatic rings. The molecular weight excluding hydrogens is 319 g/mol. The van der Waals surface area contributed by atoms with Crippen molar-refractivity contribution in [3.63, 3.8) is 0 Å². The average molecular weight is 351 g/mol. The zero-order chi connectivity index (χ0) is 16.3. The van der Waals surface area contributed by atoms with Crippen LogP contribution in [-0.2, 0) is 4.79 Å². The Kier molecular flexibility index (Phi) is 10.6. The van der Waals surface area contributed by atoms with Gasteiger partial charge in [-0.2, -0.15) is 0 Å². The lowest BCUT2D eigenvalue weighted by molar-refractivity contribution is -0.138. The molecule has 1 rings (SSSR count). The van der Waals surface area contributed by atoms with Gasteiger partial charge in [-0.05, 0) is 18.8 Å². The zero-order valence-corrected chi connectivity index (χ0v) is 15.3. The van der Waals surface area contributed by atoms with Gasteiger partial charge in [0.05, 0.1) is 0 Å². The Bertz CT molecular complexity index is 299. The Morgan fingerprint density at radius 1 is 0.864 bits per heavy atom. The molecule has 0 unspecified atom stereocenters. The number of alkyl halides is 2. The second-order valence-electron chi connectivity index (χ2n) is 6.88. The first-order valence-corrected chi connectivity index (χ1v) is 9.89. The summed E-state index contributed by atoms with van der Waals surface area (Å²) in [6, 6.07) is 0. The van der Waals surface area contributed by atoms with Crippen molar-refractivity contribution in [2.75, 3.05) is 0 Å². The summed E-state index contributed by atoms with van der Waals surface area (Å²) in [6.45, 7) is 0. The van der Waals surface area contributed by atoms with Crippen LogP contribution in [0.4, 0.5) is 0 Å². The molecule has 0 aromatic carbocycles. The Morgan fingerprint density at radius 3 is 1.91 bits per heavy atom. The first-order chi connectivity index (χ1) is 10.5. The molecule has 22 heavy (non-hydrogen) atoms. The fourth-order valence-electron chi connectivity index (χ4n) is 3.42. The molecule has 4 heteroatoms. The fourth-order valence-corrected chi connectivity index (χ4v) is 3.69. The van der Waals surface area contributed by atoms with Gasteiger partial charge in [0.1, 0.15) is 0 Å². The molecular formula is C18H32Cl2O2. The third kappa shape index (κ3) is 9.25. The highest BCUT2D eigenvalue weighted by Crippen LogP contribution is 2.29. The van der Waals surface area contributed by atoms with E-state index >= 15 is 0 Å². The van der Waals surface area contributed by atoms with Crippen molar-refractivity contribution in [3.8, 4) is 0 Å². The van der Waals surface area contributed by atoms with Crippen molar-refractivity contribution in [2.45, 2.75) is 101 Å². The fraction of sp³-hybridized carbons (Fsp3) is 0.944. The standard InChI is InChI=1S/C18H32Cl2O2/c19-18(20,17(21)22)15-11-6-4-2-1-3-5-8-12-16-13-9-7-10-14-16/h16H,1-15H2,(H,21,22). The predicted octanol–water partition coefficient (Wildman–Crippen LogP) is 6.73. The van der Waals surface area contributed by atoms with E-state index in [-0.39, 0.29) is 0 Å². The van der Waals surface area contributed by atoms with Crippen LogP contribution in [0.5, 0.6) is 0 Å². The molecule has 0 atom stereocenters. The van der Waals surface area contributed by atoms with Crippen LogP contribution in [0, 0.1) is 5.92 Å². The van der Waals surface area contributed by atoms with Crippen LogP contribution in [0.1, 0.15) is 96.3 Å². The van der Waals surface area contributed by atoms with Gasteiger partial charge in [0.25, 0.3) is 0 Å². The maximum absolute atomic E-state index is 10.7. The molecule has 0 aromatic rings. The van der Waals surface area contributed by atoms with Gasteiger partial charge in [-0.3, -0.25) is 0 Å². The number of rotatable bonds is 12. The van der Waals surface area contributed by atoms with Gasteiger partial charge in [0, 0.05) is 0 Å². The highest BCUT2D eigenvalue weighted by molar-refractivity contribution is 6.57. The monoisotopic (exact) mass is 350 g/mol. The third-order valence-corrected chi connectivity index (χ3v) is 5.59. The third-order valence-electron chi connectivity index (χ3n) is 4.89. The number of hydrogen-bond donors (Lipinski definition) is 1. The minimum absolute atomic E-state index is 0.340. The summed E-state index contributed by atoms with van der Waals surface area (Å²) in [5.74, 6) is -0.108. The molecule has 130 valence electrons. The maximum atomic E-state index is 10.7. The molecule has 2 nitrogen and oxygen atoms in total. The van der Waals surface area contributed by atoms with Crippen LogP contribution >= 0.6 is 23.2 Å². The number of unbranched alkanes of at least 4 members (excludes halogenated alkanes) is 7. The molecule has 0 spiro atoms. The van der Waals surface area contributed by atoms with E-state index in [2.05, 4.69) is 0 Å². The summed E-state index contributed by atoms with van der Waals surface area (Å²) in [7, 11) is 0.